The van der Waals surface area contributed by atoms with Gasteiger partial charge in [0.15, 0.2) is 6.29 Å². The second-order valence-electron chi connectivity index (χ2n) is 12.5. The third-order valence-corrected chi connectivity index (χ3v) is 9.22. The highest BCUT2D eigenvalue weighted by atomic mass is 16.7. The van der Waals surface area contributed by atoms with E-state index in [2.05, 4.69) is 29.8 Å². The third kappa shape index (κ3) is 8.70. The van der Waals surface area contributed by atoms with Crippen LogP contribution in [0.1, 0.15) is 80.1 Å². The zero-order chi connectivity index (χ0) is 32.5. The number of amides is 1. The quantitative estimate of drug-likeness (QED) is 0.174. The maximum absolute atomic E-state index is 12.1. The minimum absolute atomic E-state index is 0.00128. The lowest BCUT2D eigenvalue weighted by molar-refractivity contribution is -0.276. The first-order chi connectivity index (χ1) is 22.3. The van der Waals surface area contributed by atoms with E-state index in [1.807, 2.05) is 72.8 Å². The van der Waals surface area contributed by atoms with Gasteiger partial charge in [0, 0.05) is 43.6 Å². The number of aliphatic carboxylic acids is 1. The summed E-state index contributed by atoms with van der Waals surface area (Å²) in [5.74, 6) is -1.18. The maximum atomic E-state index is 12.1. The van der Waals surface area contributed by atoms with Crippen molar-refractivity contribution in [3.63, 3.8) is 0 Å². The second-order valence-corrected chi connectivity index (χ2v) is 12.5. The molecule has 1 saturated heterocycles. The first-order valence-corrected chi connectivity index (χ1v) is 16.4. The van der Waals surface area contributed by atoms with Crippen molar-refractivity contribution in [3.05, 3.63) is 108 Å². The van der Waals surface area contributed by atoms with Crippen molar-refractivity contribution in [2.24, 2.45) is 5.92 Å². The number of carboxylic acids is 1. The summed E-state index contributed by atoms with van der Waals surface area (Å²) in [6.45, 7) is 8.17. The molecule has 1 aliphatic carbocycles. The van der Waals surface area contributed by atoms with Crippen LogP contribution in [0.15, 0.2) is 85.5 Å². The first kappa shape index (κ1) is 33.5. The molecular weight excluding hydrogens is 580 g/mol. The Labute approximate surface area is 272 Å². The smallest absolute Gasteiger partial charge is 0.303 e. The number of nitrogens with one attached hydrogen (secondary N) is 1. The Balaban J connectivity index is 1.38. The van der Waals surface area contributed by atoms with Gasteiger partial charge >= 0.3 is 5.97 Å². The van der Waals surface area contributed by atoms with Crippen LogP contribution >= 0.6 is 0 Å². The van der Waals surface area contributed by atoms with Crippen LogP contribution in [-0.4, -0.2) is 52.2 Å². The fourth-order valence-electron chi connectivity index (χ4n) is 6.60. The van der Waals surface area contributed by atoms with Gasteiger partial charge in [0.25, 0.3) is 0 Å². The number of carboxylic acid groups (broad SMARTS) is 1. The molecule has 8 heteroatoms. The molecule has 244 valence electrons. The van der Waals surface area contributed by atoms with E-state index >= 15 is 0 Å². The summed E-state index contributed by atoms with van der Waals surface area (Å²) in [5.41, 5.74) is 5.77. The van der Waals surface area contributed by atoms with Gasteiger partial charge in [-0.25, -0.2) is 0 Å². The van der Waals surface area contributed by atoms with Gasteiger partial charge < -0.3 is 25.0 Å². The molecule has 3 aromatic carbocycles. The Hall–Kier alpha value is -3.82. The van der Waals surface area contributed by atoms with E-state index in [1.54, 1.807) is 0 Å². The fraction of sp³-hybridized carbons (Fsp3) is 0.421. The lowest BCUT2D eigenvalue weighted by Gasteiger charge is -2.43. The standard InChI is InChI=1S/C38H46N2O6/c1-3-20-40(33-12-4-5-13-33)24-34-26(2)37(29-16-14-27(25-41)15-17-29)46-38(45-34)32-11-7-10-31(22-32)30-9-6-8-28(21-30)23-39-35(42)18-19-36(43)44/h3,6-11,14-17,21-22,26,33-34,37-38,41H,1,4-5,12-13,18-20,23-25H2,2H3,(H,39,42)(H,43,44). The van der Waals surface area contributed by atoms with E-state index in [9.17, 15) is 14.7 Å². The van der Waals surface area contributed by atoms with E-state index in [1.165, 1.54) is 25.7 Å². The summed E-state index contributed by atoms with van der Waals surface area (Å²) in [7, 11) is 0. The SMILES string of the molecule is C=CCN(CC1OC(c2cccc(-c3cccc(CNC(=O)CCC(=O)O)c3)c2)OC(c2ccc(CO)cc2)C1C)C1CCCC1. The van der Waals surface area contributed by atoms with Crippen LogP contribution in [0.25, 0.3) is 11.1 Å². The van der Waals surface area contributed by atoms with Gasteiger partial charge in [-0.3, -0.25) is 14.5 Å². The number of hydrogen-bond acceptors (Lipinski definition) is 6. The van der Waals surface area contributed by atoms with Crippen LogP contribution in [0.3, 0.4) is 0 Å². The largest absolute Gasteiger partial charge is 0.481 e. The number of hydrogen-bond donors (Lipinski definition) is 3. The number of aliphatic hydroxyl groups excluding tert-OH is 1. The van der Waals surface area contributed by atoms with Crippen LogP contribution < -0.4 is 5.32 Å². The van der Waals surface area contributed by atoms with Gasteiger partial charge in [-0.1, -0.05) is 86.5 Å². The van der Waals surface area contributed by atoms with Crippen molar-refractivity contribution >= 4 is 11.9 Å². The van der Waals surface area contributed by atoms with Gasteiger partial charge in [-0.05, 0) is 52.8 Å². The van der Waals surface area contributed by atoms with Gasteiger partial charge in [0.05, 0.1) is 25.2 Å². The van der Waals surface area contributed by atoms with Crippen molar-refractivity contribution in [3.8, 4) is 11.1 Å². The minimum atomic E-state index is -0.988. The molecule has 8 nitrogen and oxygen atoms in total. The van der Waals surface area contributed by atoms with E-state index < -0.39 is 12.3 Å². The summed E-state index contributed by atoms with van der Waals surface area (Å²) in [5, 5.41) is 21.3. The van der Waals surface area contributed by atoms with E-state index in [4.69, 9.17) is 14.6 Å². The van der Waals surface area contributed by atoms with Crippen molar-refractivity contribution in [1.82, 2.24) is 10.2 Å². The van der Waals surface area contributed by atoms with Crippen molar-refractivity contribution in [2.45, 2.75) is 83.1 Å². The zero-order valence-corrected chi connectivity index (χ0v) is 26.6. The normalized spacial score (nSPS) is 21.7. The first-order valence-electron chi connectivity index (χ1n) is 16.4. The van der Waals surface area contributed by atoms with Crippen molar-refractivity contribution < 1.29 is 29.3 Å². The molecule has 3 N–H and O–H groups in total. The molecule has 0 spiro atoms. The zero-order valence-electron chi connectivity index (χ0n) is 26.6. The number of nitrogens with zero attached hydrogens (tertiary/aromatic N) is 1. The van der Waals surface area contributed by atoms with Gasteiger partial charge in [0.2, 0.25) is 5.91 Å². The Morgan fingerprint density at radius 3 is 2.35 bits per heavy atom. The van der Waals surface area contributed by atoms with Crippen LogP contribution in [-0.2, 0) is 32.2 Å². The summed E-state index contributed by atoms with van der Waals surface area (Å²) in [6, 6.07) is 24.7. The van der Waals surface area contributed by atoms with Crippen LogP contribution in [0, 0.1) is 5.92 Å². The average Bonchev–Trinajstić information content (AvgIpc) is 3.62. The van der Waals surface area contributed by atoms with Crippen LogP contribution in [0.2, 0.25) is 0 Å². The minimum Gasteiger partial charge on any atom is -0.481 e. The fourth-order valence-corrected chi connectivity index (χ4v) is 6.60. The molecule has 0 aromatic heterocycles. The average molecular weight is 627 g/mol. The molecule has 1 saturated carbocycles. The topological polar surface area (TPSA) is 108 Å². The van der Waals surface area contributed by atoms with Crippen LogP contribution in [0.4, 0.5) is 0 Å². The van der Waals surface area contributed by atoms with Gasteiger partial charge in [0.1, 0.15) is 0 Å². The number of benzene rings is 3. The molecule has 1 heterocycles. The highest BCUT2D eigenvalue weighted by Crippen LogP contribution is 2.43. The molecule has 5 rings (SSSR count). The molecular formula is C38H46N2O6. The van der Waals surface area contributed by atoms with E-state index in [0.717, 1.165) is 46.5 Å². The molecule has 3 aromatic rings. The molecule has 46 heavy (non-hydrogen) atoms. The van der Waals surface area contributed by atoms with Gasteiger partial charge in [-0.15, -0.1) is 6.58 Å². The molecule has 2 fully saturated rings. The number of ether oxygens (including phenoxy) is 2. The summed E-state index contributed by atoms with van der Waals surface area (Å²) >= 11 is 0. The lowest BCUT2D eigenvalue weighted by atomic mass is 9.89. The number of carbonyl (C=O) groups is 2. The Morgan fingerprint density at radius 1 is 0.935 bits per heavy atom. The predicted molar refractivity (Wildman–Crippen MR) is 178 cm³/mol. The van der Waals surface area contributed by atoms with Gasteiger partial charge in [-0.2, -0.15) is 0 Å². The Morgan fingerprint density at radius 2 is 1.65 bits per heavy atom. The highest BCUT2D eigenvalue weighted by molar-refractivity contribution is 5.80. The Bertz CT molecular complexity index is 1470. The summed E-state index contributed by atoms with van der Waals surface area (Å²) < 4.78 is 13.6. The maximum Gasteiger partial charge on any atom is 0.303 e. The molecule has 4 atom stereocenters. The monoisotopic (exact) mass is 626 g/mol. The van der Waals surface area contributed by atoms with E-state index in [-0.39, 0.29) is 43.5 Å². The van der Waals surface area contributed by atoms with Crippen molar-refractivity contribution in [1.29, 1.82) is 0 Å². The number of rotatable bonds is 14. The number of carbonyl (C=O) groups excluding carboxylic acids is 1. The van der Waals surface area contributed by atoms with E-state index in [0.29, 0.717) is 12.6 Å². The number of aliphatic hydroxyl groups is 1. The molecule has 4 unspecified atom stereocenters. The summed E-state index contributed by atoms with van der Waals surface area (Å²) in [6.07, 6.45) is 5.84. The van der Waals surface area contributed by atoms with Crippen molar-refractivity contribution in [2.75, 3.05) is 13.1 Å². The second kappa shape index (κ2) is 16.1. The Kier molecular flexibility index (Phi) is 11.8. The highest BCUT2D eigenvalue weighted by Gasteiger charge is 2.40. The third-order valence-electron chi connectivity index (χ3n) is 9.22. The molecule has 2 aliphatic rings. The molecule has 0 bridgehead atoms. The van der Waals surface area contributed by atoms with Crippen LogP contribution in [0.5, 0.6) is 0 Å². The molecule has 1 aliphatic heterocycles. The lowest BCUT2D eigenvalue weighted by Crippen LogP contribution is -2.47. The molecule has 0 radical (unpaired) electrons. The predicted octanol–water partition coefficient (Wildman–Crippen LogP) is 6.55. The summed E-state index contributed by atoms with van der Waals surface area (Å²) in [4.78, 5) is 25.4. The molecule has 1 amide bonds.